The summed E-state index contributed by atoms with van der Waals surface area (Å²) in [6.45, 7) is 4.43. The highest BCUT2D eigenvalue weighted by atomic mass is 16.1. The molecule has 1 aromatic carbocycles. The second kappa shape index (κ2) is 6.66. The molecular formula is C19H20N4O. The van der Waals surface area contributed by atoms with Gasteiger partial charge in [-0.1, -0.05) is 23.3 Å². The largest absolute Gasteiger partial charge is 0.348 e. The molecule has 0 spiro atoms. The minimum atomic E-state index is -0.0712. The summed E-state index contributed by atoms with van der Waals surface area (Å²) in [7, 11) is 1.88. The van der Waals surface area contributed by atoms with Crippen LogP contribution < -0.4 is 5.32 Å². The van der Waals surface area contributed by atoms with Gasteiger partial charge in [0.25, 0.3) is 5.91 Å². The van der Waals surface area contributed by atoms with Gasteiger partial charge in [-0.05, 0) is 37.6 Å². The van der Waals surface area contributed by atoms with Gasteiger partial charge in [0.2, 0.25) is 0 Å². The zero-order valence-corrected chi connectivity index (χ0v) is 14.1. The minimum Gasteiger partial charge on any atom is -0.348 e. The minimum absolute atomic E-state index is 0.0712. The number of hydrogen-bond donors (Lipinski definition) is 1. The number of pyridine rings is 1. The molecule has 0 radical (unpaired) electrons. The van der Waals surface area contributed by atoms with Crippen molar-refractivity contribution in [3.05, 3.63) is 71.2 Å². The number of nitrogens with one attached hydrogen (secondary N) is 1. The lowest BCUT2D eigenvalue weighted by atomic mass is 10.1. The fraction of sp³-hybridized carbons (Fsp3) is 0.211. The SMILES string of the molecule is Cc1cc(C)cc(C(=O)NCc2ccc(-c3cnn(C)c3)nc2)c1. The lowest BCUT2D eigenvalue weighted by Crippen LogP contribution is -2.23. The molecule has 1 amide bonds. The van der Waals surface area contributed by atoms with Gasteiger partial charge in [-0.15, -0.1) is 0 Å². The van der Waals surface area contributed by atoms with E-state index < -0.39 is 0 Å². The Labute approximate surface area is 141 Å². The molecule has 5 heteroatoms. The van der Waals surface area contributed by atoms with Crippen molar-refractivity contribution in [1.29, 1.82) is 0 Å². The second-order valence-electron chi connectivity index (χ2n) is 6.01. The van der Waals surface area contributed by atoms with Crippen molar-refractivity contribution in [3.8, 4) is 11.3 Å². The van der Waals surface area contributed by atoms with Crippen molar-refractivity contribution in [2.45, 2.75) is 20.4 Å². The van der Waals surface area contributed by atoms with Crippen LogP contribution in [0.5, 0.6) is 0 Å². The van der Waals surface area contributed by atoms with Crippen LogP contribution in [0.2, 0.25) is 0 Å². The van der Waals surface area contributed by atoms with Crippen molar-refractivity contribution in [2.75, 3.05) is 0 Å². The predicted molar refractivity (Wildman–Crippen MR) is 93.5 cm³/mol. The molecule has 0 bridgehead atoms. The van der Waals surface area contributed by atoms with Crippen LogP contribution in [-0.4, -0.2) is 20.7 Å². The Balaban J connectivity index is 1.65. The summed E-state index contributed by atoms with van der Waals surface area (Å²) >= 11 is 0. The van der Waals surface area contributed by atoms with Gasteiger partial charge in [-0.25, -0.2) is 0 Å². The summed E-state index contributed by atoms with van der Waals surface area (Å²) in [5.74, 6) is -0.0712. The summed E-state index contributed by atoms with van der Waals surface area (Å²) in [5.41, 5.74) is 5.66. The maximum atomic E-state index is 12.3. The number of nitrogens with zero attached hydrogens (tertiary/aromatic N) is 3. The van der Waals surface area contributed by atoms with Crippen LogP contribution in [0.3, 0.4) is 0 Å². The van der Waals surface area contributed by atoms with Crippen LogP contribution >= 0.6 is 0 Å². The number of carbonyl (C=O) groups is 1. The van der Waals surface area contributed by atoms with Gasteiger partial charge in [0, 0.05) is 37.1 Å². The number of hydrogen-bond acceptors (Lipinski definition) is 3. The number of aryl methyl sites for hydroxylation is 3. The van der Waals surface area contributed by atoms with Crippen LogP contribution in [0.15, 0.2) is 48.9 Å². The molecule has 0 unspecified atom stereocenters. The lowest BCUT2D eigenvalue weighted by molar-refractivity contribution is 0.0950. The van der Waals surface area contributed by atoms with Crippen molar-refractivity contribution in [3.63, 3.8) is 0 Å². The number of aromatic nitrogens is 3. The zero-order valence-electron chi connectivity index (χ0n) is 14.1. The van der Waals surface area contributed by atoms with E-state index in [-0.39, 0.29) is 5.91 Å². The molecule has 3 rings (SSSR count). The molecule has 0 aliphatic heterocycles. The molecule has 2 aromatic heterocycles. The quantitative estimate of drug-likeness (QED) is 0.804. The highest BCUT2D eigenvalue weighted by Crippen LogP contribution is 2.15. The van der Waals surface area contributed by atoms with E-state index >= 15 is 0 Å². The predicted octanol–water partition coefficient (Wildman–Crippen LogP) is 3.03. The maximum absolute atomic E-state index is 12.3. The van der Waals surface area contributed by atoms with Gasteiger partial charge in [0.05, 0.1) is 11.9 Å². The molecule has 0 aliphatic rings. The molecule has 3 aromatic rings. The van der Waals surface area contributed by atoms with E-state index in [2.05, 4.69) is 21.5 Å². The highest BCUT2D eigenvalue weighted by molar-refractivity contribution is 5.94. The molecule has 0 aliphatic carbocycles. The topological polar surface area (TPSA) is 59.8 Å². The monoisotopic (exact) mass is 320 g/mol. The number of carbonyl (C=O) groups excluding carboxylic acids is 1. The van der Waals surface area contributed by atoms with Crippen molar-refractivity contribution in [2.24, 2.45) is 7.05 Å². The Bertz CT molecular complexity index is 845. The molecule has 2 heterocycles. The third kappa shape index (κ3) is 3.68. The van der Waals surface area contributed by atoms with Gasteiger partial charge in [-0.3, -0.25) is 14.5 Å². The molecule has 24 heavy (non-hydrogen) atoms. The first-order valence-corrected chi connectivity index (χ1v) is 7.82. The van der Waals surface area contributed by atoms with Crippen LogP contribution in [-0.2, 0) is 13.6 Å². The zero-order chi connectivity index (χ0) is 17.1. The average Bonchev–Trinajstić information content (AvgIpc) is 2.98. The van der Waals surface area contributed by atoms with E-state index in [1.807, 2.05) is 51.4 Å². The third-order valence-electron chi connectivity index (χ3n) is 3.76. The van der Waals surface area contributed by atoms with E-state index in [0.29, 0.717) is 12.1 Å². The summed E-state index contributed by atoms with van der Waals surface area (Å²) in [6, 6.07) is 9.75. The van der Waals surface area contributed by atoms with Crippen LogP contribution in [0.25, 0.3) is 11.3 Å². The van der Waals surface area contributed by atoms with E-state index in [1.54, 1.807) is 17.1 Å². The first kappa shape index (κ1) is 15.9. The van der Waals surface area contributed by atoms with Crippen molar-refractivity contribution in [1.82, 2.24) is 20.1 Å². The smallest absolute Gasteiger partial charge is 0.251 e. The highest BCUT2D eigenvalue weighted by Gasteiger charge is 2.07. The molecule has 0 saturated heterocycles. The second-order valence-corrected chi connectivity index (χ2v) is 6.01. The Morgan fingerprint density at radius 2 is 1.88 bits per heavy atom. The van der Waals surface area contributed by atoms with Crippen LogP contribution in [0, 0.1) is 13.8 Å². The van der Waals surface area contributed by atoms with Crippen LogP contribution in [0.4, 0.5) is 0 Å². The Hall–Kier alpha value is -2.95. The first-order valence-electron chi connectivity index (χ1n) is 7.82. The Morgan fingerprint density at radius 3 is 2.46 bits per heavy atom. The fourth-order valence-corrected chi connectivity index (χ4v) is 2.64. The Morgan fingerprint density at radius 1 is 1.12 bits per heavy atom. The molecule has 5 nitrogen and oxygen atoms in total. The molecule has 0 atom stereocenters. The van der Waals surface area contributed by atoms with E-state index in [9.17, 15) is 4.79 Å². The summed E-state index contributed by atoms with van der Waals surface area (Å²) < 4.78 is 1.75. The number of rotatable bonds is 4. The average molecular weight is 320 g/mol. The Kier molecular flexibility index (Phi) is 4.42. The molecular weight excluding hydrogens is 300 g/mol. The maximum Gasteiger partial charge on any atom is 0.251 e. The lowest BCUT2D eigenvalue weighted by Gasteiger charge is -2.07. The van der Waals surface area contributed by atoms with Gasteiger partial charge in [-0.2, -0.15) is 5.10 Å². The third-order valence-corrected chi connectivity index (χ3v) is 3.76. The standard InChI is InChI=1S/C19H20N4O/c1-13-6-14(2)8-16(7-13)19(24)21-10-15-4-5-18(20-9-15)17-11-22-23(3)12-17/h4-9,11-12H,10H2,1-3H3,(H,21,24). The summed E-state index contributed by atoms with van der Waals surface area (Å²) in [6.07, 6.45) is 5.48. The normalized spacial score (nSPS) is 10.6. The summed E-state index contributed by atoms with van der Waals surface area (Å²) in [5, 5.41) is 7.08. The van der Waals surface area contributed by atoms with E-state index in [1.165, 1.54) is 0 Å². The number of benzene rings is 1. The van der Waals surface area contributed by atoms with Gasteiger partial charge in [0.15, 0.2) is 0 Å². The van der Waals surface area contributed by atoms with E-state index in [4.69, 9.17) is 0 Å². The molecule has 122 valence electrons. The van der Waals surface area contributed by atoms with Gasteiger partial charge in [0.1, 0.15) is 0 Å². The van der Waals surface area contributed by atoms with Crippen LogP contribution in [0.1, 0.15) is 27.0 Å². The van der Waals surface area contributed by atoms with Crippen molar-refractivity contribution < 1.29 is 4.79 Å². The van der Waals surface area contributed by atoms with Crippen molar-refractivity contribution >= 4 is 5.91 Å². The molecule has 0 saturated carbocycles. The van der Waals surface area contributed by atoms with E-state index in [0.717, 1.165) is 27.9 Å². The molecule has 0 fully saturated rings. The van der Waals surface area contributed by atoms with Gasteiger partial charge >= 0.3 is 0 Å². The van der Waals surface area contributed by atoms with Gasteiger partial charge < -0.3 is 5.32 Å². The molecule has 1 N–H and O–H groups in total. The summed E-state index contributed by atoms with van der Waals surface area (Å²) in [4.78, 5) is 16.7. The number of amides is 1. The fourth-order valence-electron chi connectivity index (χ4n) is 2.64. The first-order chi connectivity index (χ1) is 11.5.